The maximum absolute atomic E-state index is 5.95. The first-order chi connectivity index (χ1) is 15.0. The molecule has 1 aromatic heterocycles. The van der Waals surface area contributed by atoms with Crippen LogP contribution >= 0.6 is 0 Å². The van der Waals surface area contributed by atoms with Crippen molar-refractivity contribution in [2.45, 2.75) is 40.3 Å². The lowest BCUT2D eigenvalue weighted by molar-refractivity contribution is 0.0211. The average molecular weight is 426 g/mol. The Morgan fingerprint density at radius 1 is 1.16 bits per heavy atom. The molecule has 0 amide bonds. The second-order valence-corrected chi connectivity index (χ2v) is 7.92. The second-order valence-electron chi connectivity index (χ2n) is 7.92. The lowest BCUT2D eigenvalue weighted by Crippen LogP contribution is -2.49. The number of rotatable bonds is 8. The minimum absolute atomic E-state index is 0.423. The Kier molecular flexibility index (Phi) is 8.67. The fraction of sp³-hybridized carbons (Fsp3) is 0.500. The smallest absolute Gasteiger partial charge is 0.219 e. The van der Waals surface area contributed by atoms with E-state index in [1.807, 2.05) is 24.3 Å². The molecule has 1 aliphatic heterocycles. The zero-order valence-electron chi connectivity index (χ0n) is 19.1. The van der Waals surface area contributed by atoms with E-state index in [0.29, 0.717) is 18.5 Å². The molecule has 3 rings (SSSR count). The Hall–Kier alpha value is -2.64. The van der Waals surface area contributed by atoms with Gasteiger partial charge in [0.2, 0.25) is 5.88 Å². The number of ether oxygens (including phenoxy) is 2. The van der Waals surface area contributed by atoms with Crippen LogP contribution in [-0.4, -0.2) is 61.3 Å². The lowest BCUT2D eigenvalue weighted by atomic mass is 10.1. The van der Waals surface area contributed by atoms with Gasteiger partial charge in [0.05, 0.1) is 19.8 Å². The van der Waals surface area contributed by atoms with Crippen LogP contribution < -0.4 is 15.4 Å². The maximum atomic E-state index is 5.95. The number of aromatic nitrogens is 1. The van der Waals surface area contributed by atoms with Gasteiger partial charge in [-0.15, -0.1) is 0 Å². The second kappa shape index (κ2) is 11.7. The molecule has 31 heavy (non-hydrogen) atoms. The number of nitrogens with zero attached hydrogens (tertiary/aromatic N) is 3. The van der Waals surface area contributed by atoms with Gasteiger partial charge >= 0.3 is 0 Å². The molecule has 1 aromatic carbocycles. The third kappa shape index (κ3) is 7.22. The fourth-order valence-corrected chi connectivity index (χ4v) is 3.41. The highest BCUT2D eigenvalue weighted by Crippen LogP contribution is 2.22. The summed E-state index contributed by atoms with van der Waals surface area (Å²) in [6.45, 7) is 14.3. The Balaban J connectivity index is 1.58. The van der Waals surface area contributed by atoms with Crippen LogP contribution in [-0.2, 0) is 11.3 Å². The lowest BCUT2D eigenvalue weighted by Gasteiger charge is -2.32. The number of morpholine rings is 1. The molecular formula is C24H35N5O2. The molecule has 1 aliphatic rings. The van der Waals surface area contributed by atoms with Gasteiger partial charge in [0.15, 0.2) is 5.96 Å². The Morgan fingerprint density at radius 2 is 1.97 bits per heavy atom. The van der Waals surface area contributed by atoms with Crippen molar-refractivity contribution >= 4 is 5.96 Å². The van der Waals surface area contributed by atoms with Crippen LogP contribution in [0.2, 0.25) is 0 Å². The molecule has 0 saturated carbocycles. The molecule has 7 nitrogen and oxygen atoms in total. The summed E-state index contributed by atoms with van der Waals surface area (Å²) in [4.78, 5) is 11.5. The van der Waals surface area contributed by atoms with E-state index in [2.05, 4.69) is 54.3 Å². The van der Waals surface area contributed by atoms with E-state index < -0.39 is 0 Å². The van der Waals surface area contributed by atoms with E-state index in [1.165, 1.54) is 11.1 Å². The number of hydrogen-bond acceptors (Lipinski definition) is 5. The highest BCUT2D eigenvalue weighted by atomic mass is 16.5. The Morgan fingerprint density at radius 3 is 2.71 bits per heavy atom. The summed E-state index contributed by atoms with van der Waals surface area (Å²) in [7, 11) is 0. The quantitative estimate of drug-likeness (QED) is 0.500. The van der Waals surface area contributed by atoms with Crippen LogP contribution in [0.4, 0.5) is 0 Å². The third-order valence-electron chi connectivity index (χ3n) is 5.50. The third-order valence-corrected chi connectivity index (χ3v) is 5.50. The number of pyridine rings is 1. The van der Waals surface area contributed by atoms with Crippen molar-refractivity contribution in [3.63, 3.8) is 0 Å². The SMILES string of the molecule is CCNC(=NCc1ccnc(Oc2ccc(C)c(C)c2)c1)NCC(C)N1CCOCC1. The van der Waals surface area contributed by atoms with Crippen LogP contribution in [0.25, 0.3) is 0 Å². The largest absolute Gasteiger partial charge is 0.439 e. The molecule has 1 unspecified atom stereocenters. The van der Waals surface area contributed by atoms with Crippen molar-refractivity contribution in [2.75, 3.05) is 39.4 Å². The van der Waals surface area contributed by atoms with Crippen molar-refractivity contribution in [1.82, 2.24) is 20.5 Å². The number of nitrogens with one attached hydrogen (secondary N) is 2. The van der Waals surface area contributed by atoms with E-state index in [9.17, 15) is 0 Å². The van der Waals surface area contributed by atoms with Gasteiger partial charge in [-0.3, -0.25) is 4.90 Å². The van der Waals surface area contributed by atoms with E-state index >= 15 is 0 Å². The zero-order valence-corrected chi connectivity index (χ0v) is 19.1. The predicted molar refractivity (Wildman–Crippen MR) is 125 cm³/mol. The van der Waals surface area contributed by atoms with E-state index in [0.717, 1.165) is 56.7 Å². The number of aliphatic imine (C=N–C) groups is 1. The molecule has 0 spiro atoms. The normalized spacial score (nSPS) is 16.1. The number of benzene rings is 1. The summed E-state index contributed by atoms with van der Waals surface area (Å²) >= 11 is 0. The Bertz CT molecular complexity index is 865. The van der Waals surface area contributed by atoms with Crippen LogP contribution in [0.5, 0.6) is 11.6 Å². The maximum Gasteiger partial charge on any atom is 0.219 e. The zero-order chi connectivity index (χ0) is 22.1. The molecule has 0 radical (unpaired) electrons. The molecule has 1 saturated heterocycles. The molecule has 0 aliphatic carbocycles. The van der Waals surface area contributed by atoms with E-state index in [1.54, 1.807) is 6.20 Å². The molecule has 2 heterocycles. The van der Waals surface area contributed by atoms with Crippen LogP contribution in [0.3, 0.4) is 0 Å². The van der Waals surface area contributed by atoms with Crippen LogP contribution in [0.1, 0.15) is 30.5 Å². The average Bonchev–Trinajstić information content (AvgIpc) is 2.79. The summed E-state index contributed by atoms with van der Waals surface area (Å²) in [6.07, 6.45) is 1.77. The van der Waals surface area contributed by atoms with E-state index in [4.69, 9.17) is 14.5 Å². The summed E-state index contributed by atoms with van der Waals surface area (Å²) < 4.78 is 11.4. The minimum atomic E-state index is 0.423. The molecule has 1 fully saturated rings. The van der Waals surface area contributed by atoms with Crippen molar-refractivity contribution in [3.8, 4) is 11.6 Å². The molecule has 2 N–H and O–H groups in total. The van der Waals surface area contributed by atoms with Gasteiger partial charge in [-0.1, -0.05) is 6.07 Å². The van der Waals surface area contributed by atoms with Gasteiger partial charge in [0, 0.05) is 44.5 Å². The predicted octanol–water partition coefficient (Wildman–Crippen LogP) is 3.27. The summed E-state index contributed by atoms with van der Waals surface area (Å²) in [5.74, 6) is 2.19. The highest BCUT2D eigenvalue weighted by Gasteiger charge is 2.17. The fourth-order valence-electron chi connectivity index (χ4n) is 3.41. The first kappa shape index (κ1) is 23.0. The van der Waals surface area contributed by atoms with Gasteiger partial charge in [-0.2, -0.15) is 0 Å². The summed E-state index contributed by atoms with van der Waals surface area (Å²) in [6, 6.07) is 10.4. The number of guanidine groups is 1. The molecule has 2 aromatic rings. The molecule has 0 bridgehead atoms. The first-order valence-corrected chi connectivity index (χ1v) is 11.1. The van der Waals surface area contributed by atoms with Crippen LogP contribution in [0.15, 0.2) is 41.5 Å². The van der Waals surface area contributed by atoms with Gasteiger partial charge in [0.25, 0.3) is 0 Å². The molecular weight excluding hydrogens is 390 g/mol. The monoisotopic (exact) mass is 425 g/mol. The van der Waals surface area contributed by atoms with E-state index in [-0.39, 0.29) is 0 Å². The van der Waals surface area contributed by atoms with Crippen molar-refractivity contribution < 1.29 is 9.47 Å². The van der Waals surface area contributed by atoms with Gasteiger partial charge in [-0.25, -0.2) is 9.98 Å². The molecule has 168 valence electrons. The van der Waals surface area contributed by atoms with Crippen molar-refractivity contribution in [3.05, 3.63) is 53.2 Å². The minimum Gasteiger partial charge on any atom is -0.439 e. The number of aryl methyl sites for hydroxylation is 2. The number of hydrogen-bond donors (Lipinski definition) is 2. The highest BCUT2D eigenvalue weighted by molar-refractivity contribution is 5.79. The van der Waals surface area contributed by atoms with Gasteiger partial charge < -0.3 is 20.1 Å². The topological polar surface area (TPSA) is 71.0 Å². The summed E-state index contributed by atoms with van der Waals surface area (Å²) in [5, 5.41) is 6.79. The van der Waals surface area contributed by atoms with Gasteiger partial charge in [-0.05, 0) is 62.6 Å². The van der Waals surface area contributed by atoms with Crippen molar-refractivity contribution in [1.29, 1.82) is 0 Å². The van der Waals surface area contributed by atoms with Crippen LogP contribution in [0, 0.1) is 13.8 Å². The van der Waals surface area contributed by atoms with Gasteiger partial charge in [0.1, 0.15) is 5.75 Å². The van der Waals surface area contributed by atoms with Crippen molar-refractivity contribution in [2.24, 2.45) is 4.99 Å². The molecule has 7 heteroatoms. The standard InChI is InChI=1S/C24H35N5O2/c1-5-25-24(27-16-20(4)29-10-12-30-13-11-29)28-17-21-8-9-26-23(15-21)31-22-7-6-18(2)19(3)14-22/h6-9,14-15,20H,5,10-13,16-17H2,1-4H3,(H2,25,27,28). The Labute approximate surface area is 185 Å². The molecule has 1 atom stereocenters. The first-order valence-electron chi connectivity index (χ1n) is 11.1. The summed E-state index contributed by atoms with van der Waals surface area (Å²) in [5.41, 5.74) is 3.49.